The number of anilines is 1. The molecule has 2 aromatic rings. The standard InChI is InChI=1S/C16H23N3S2/c1-10(2)8-15-18-19-16(21-15)17-11(3)14-9-12-6-4-5-7-13(12)20-14/h9-11H,4-8H2,1-3H3,(H,17,19). The normalized spacial score (nSPS) is 16.0. The van der Waals surface area contributed by atoms with Gasteiger partial charge in [0.1, 0.15) is 5.01 Å². The fourth-order valence-corrected chi connectivity index (χ4v) is 5.03. The van der Waals surface area contributed by atoms with Gasteiger partial charge >= 0.3 is 0 Å². The maximum atomic E-state index is 4.28. The minimum Gasteiger partial charge on any atom is -0.353 e. The number of nitrogens with one attached hydrogen (secondary N) is 1. The second-order valence-corrected chi connectivity index (χ2v) is 8.50. The van der Waals surface area contributed by atoms with Gasteiger partial charge in [0.15, 0.2) is 0 Å². The molecule has 0 fully saturated rings. The van der Waals surface area contributed by atoms with Crippen molar-refractivity contribution < 1.29 is 0 Å². The molecule has 0 radical (unpaired) electrons. The average Bonchev–Trinajstić information content (AvgIpc) is 3.04. The first kappa shape index (κ1) is 15.0. The molecular weight excluding hydrogens is 298 g/mol. The first-order chi connectivity index (χ1) is 10.1. The number of aryl methyl sites for hydroxylation is 2. The largest absolute Gasteiger partial charge is 0.353 e. The van der Waals surface area contributed by atoms with E-state index in [9.17, 15) is 0 Å². The molecule has 114 valence electrons. The third-order valence-corrected chi connectivity index (χ3v) is 6.13. The van der Waals surface area contributed by atoms with Crippen LogP contribution >= 0.6 is 22.7 Å². The van der Waals surface area contributed by atoms with Crippen LogP contribution in [0.25, 0.3) is 0 Å². The van der Waals surface area contributed by atoms with Gasteiger partial charge in [0.2, 0.25) is 5.13 Å². The highest BCUT2D eigenvalue weighted by atomic mass is 32.1. The third-order valence-electron chi connectivity index (χ3n) is 3.83. The maximum Gasteiger partial charge on any atom is 0.206 e. The number of thiophene rings is 1. The third kappa shape index (κ3) is 3.64. The van der Waals surface area contributed by atoms with E-state index in [-0.39, 0.29) is 0 Å². The zero-order valence-electron chi connectivity index (χ0n) is 13.0. The Balaban J connectivity index is 1.66. The van der Waals surface area contributed by atoms with Crippen molar-refractivity contribution in [1.82, 2.24) is 10.2 Å². The van der Waals surface area contributed by atoms with Crippen LogP contribution in [0.15, 0.2) is 6.07 Å². The summed E-state index contributed by atoms with van der Waals surface area (Å²) in [4.78, 5) is 3.03. The molecule has 0 spiro atoms. The van der Waals surface area contributed by atoms with Crippen LogP contribution in [0.4, 0.5) is 5.13 Å². The zero-order chi connectivity index (χ0) is 14.8. The molecule has 2 heterocycles. The van der Waals surface area contributed by atoms with Crippen LogP contribution < -0.4 is 5.32 Å². The lowest BCUT2D eigenvalue weighted by atomic mass is 9.99. The highest BCUT2D eigenvalue weighted by molar-refractivity contribution is 7.15. The Labute approximate surface area is 134 Å². The molecule has 1 aliphatic rings. The van der Waals surface area contributed by atoms with Crippen LogP contribution in [0.3, 0.4) is 0 Å². The molecule has 3 rings (SSSR count). The molecule has 0 aliphatic heterocycles. The van der Waals surface area contributed by atoms with E-state index in [0.717, 1.165) is 16.6 Å². The van der Waals surface area contributed by atoms with Crippen molar-refractivity contribution in [3.63, 3.8) is 0 Å². The molecule has 5 heteroatoms. The second kappa shape index (κ2) is 6.44. The van der Waals surface area contributed by atoms with Crippen molar-refractivity contribution in [2.75, 3.05) is 5.32 Å². The number of rotatable bonds is 5. The molecule has 2 aromatic heterocycles. The summed E-state index contributed by atoms with van der Waals surface area (Å²) in [5.74, 6) is 0.632. The number of hydrogen-bond donors (Lipinski definition) is 1. The molecule has 1 N–H and O–H groups in total. The first-order valence-corrected chi connectivity index (χ1v) is 9.45. The monoisotopic (exact) mass is 321 g/mol. The van der Waals surface area contributed by atoms with Gasteiger partial charge in [-0.25, -0.2) is 0 Å². The van der Waals surface area contributed by atoms with Crippen molar-refractivity contribution in [2.45, 2.75) is 58.9 Å². The number of hydrogen-bond acceptors (Lipinski definition) is 5. The summed E-state index contributed by atoms with van der Waals surface area (Å²) < 4.78 is 0. The maximum absolute atomic E-state index is 4.28. The van der Waals surface area contributed by atoms with Gasteiger partial charge in [0.25, 0.3) is 0 Å². The predicted molar refractivity (Wildman–Crippen MR) is 91.4 cm³/mol. The lowest BCUT2D eigenvalue weighted by Gasteiger charge is -2.09. The molecule has 0 aromatic carbocycles. The van der Waals surface area contributed by atoms with E-state index in [2.05, 4.69) is 42.4 Å². The molecule has 0 bridgehead atoms. The van der Waals surface area contributed by atoms with E-state index in [0.29, 0.717) is 12.0 Å². The minimum atomic E-state index is 0.320. The van der Waals surface area contributed by atoms with Crippen molar-refractivity contribution in [3.8, 4) is 0 Å². The van der Waals surface area contributed by atoms with Gasteiger partial charge in [-0.05, 0) is 50.2 Å². The molecule has 1 atom stereocenters. The summed E-state index contributed by atoms with van der Waals surface area (Å²) in [5.41, 5.74) is 1.58. The van der Waals surface area contributed by atoms with Crippen LogP contribution in [0.1, 0.15) is 60.0 Å². The molecule has 3 nitrogen and oxygen atoms in total. The Hall–Kier alpha value is -0.940. The predicted octanol–water partition coefficient (Wildman–Crippen LogP) is 4.85. The van der Waals surface area contributed by atoms with Gasteiger partial charge in [-0.1, -0.05) is 25.2 Å². The molecule has 0 saturated heterocycles. The van der Waals surface area contributed by atoms with Crippen LogP contribution in [0, 0.1) is 5.92 Å². The van der Waals surface area contributed by atoms with E-state index in [1.54, 1.807) is 21.8 Å². The van der Waals surface area contributed by atoms with Crippen LogP contribution in [0.2, 0.25) is 0 Å². The highest BCUT2D eigenvalue weighted by Crippen LogP contribution is 2.34. The van der Waals surface area contributed by atoms with Crippen LogP contribution in [-0.4, -0.2) is 10.2 Å². The minimum absolute atomic E-state index is 0.320. The van der Waals surface area contributed by atoms with E-state index in [1.165, 1.54) is 30.6 Å². The van der Waals surface area contributed by atoms with Gasteiger partial charge in [-0.15, -0.1) is 21.5 Å². The first-order valence-electron chi connectivity index (χ1n) is 7.82. The highest BCUT2D eigenvalue weighted by Gasteiger charge is 2.17. The molecular formula is C16H23N3S2. The zero-order valence-corrected chi connectivity index (χ0v) is 14.6. The number of aromatic nitrogens is 2. The van der Waals surface area contributed by atoms with Crippen molar-refractivity contribution in [3.05, 3.63) is 26.4 Å². The molecule has 1 unspecified atom stereocenters. The Kier molecular flexibility index (Phi) is 4.60. The summed E-state index contributed by atoms with van der Waals surface area (Å²) in [7, 11) is 0. The van der Waals surface area contributed by atoms with E-state index < -0.39 is 0 Å². The molecule has 0 saturated carbocycles. The quantitative estimate of drug-likeness (QED) is 0.855. The van der Waals surface area contributed by atoms with Crippen molar-refractivity contribution in [2.24, 2.45) is 5.92 Å². The average molecular weight is 322 g/mol. The van der Waals surface area contributed by atoms with Crippen molar-refractivity contribution in [1.29, 1.82) is 0 Å². The van der Waals surface area contributed by atoms with Crippen LogP contribution in [0.5, 0.6) is 0 Å². The summed E-state index contributed by atoms with van der Waals surface area (Å²) in [6, 6.07) is 2.72. The smallest absolute Gasteiger partial charge is 0.206 e. The fraction of sp³-hybridized carbons (Fsp3) is 0.625. The Morgan fingerprint density at radius 3 is 2.71 bits per heavy atom. The molecule has 0 amide bonds. The number of fused-ring (bicyclic) bond motifs is 1. The van der Waals surface area contributed by atoms with Gasteiger partial charge in [0, 0.05) is 16.2 Å². The van der Waals surface area contributed by atoms with Gasteiger partial charge in [-0.3, -0.25) is 0 Å². The SMILES string of the molecule is CC(C)Cc1nnc(NC(C)c2cc3c(s2)CCCC3)s1. The molecule has 21 heavy (non-hydrogen) atoms. The fourth-order valence-electron chi connectivity index (χ4n) is 2.73. The lowest BCUT2D eigenvalue weighted by molar-refractivity contribution is 0.640. The summed E-state index contributed by atoms with van der Waals surface area (Å²) >= 11 is 3.66. The Bertz CT molecular complexity index is 577. The summed E-state index contributed by atoms with van der Waals surface area (Å²) in [5, 5.41) is 14.2. The second-order valence-electron chi connectivity index (χ2n) is 6.27. The van der Waals surface area contributed by atoms with Gasteiger partial charge in [-0.2, -0.15) is 0 Å². The van der Waals surface area contributed by atoms with E-state index >= 15 is 0 Å². The van der Waals surface area contributed by atoms with Crippen molar-refractivity contribution >= 4 is 27.8 Å². The molecule has 1 aliphatic carbocycles. The van der Waals surface area contributed by atoms with Gasteiger partial charge < -0.3 is 5.32 Å². The summed E-state index contributed by atoms with van der Waals surface area (Å²) in [6.07, 6.45) is 6.24. The Morgan fingerprint density at radius 1 is 1.14 bits per heavy atom. The lowest BCUT2D eigenvalue weighted by Crippen LogP contribution is -2.04. The van der Waals surface area contributed by atoms with E-state index in [4.69, 9.17) is 0 Å². The summed E-state index contributed by atoms with van der Waals surface area (Å²) in [6.45, 7) is 6.65. The Morgan fingerprint density at radius 2 is 1.95 bits per heavy atom. The topological polar surface area (TPSA) is 37.8 Å². The number of nitrogens with zero attached hydrogens (tertiary/aromatic N) is 2. The van der Waals surface area contributed by atoms with Crippen LogP contribution in [-0.2, 0) is 19.3 Å². The van der Waals surface area contributed by atoms with Gasteiger partial charge in [0.05, 0.1) is 6.04 Å². The van der Waals surface area contributed by atoms with E-state index in [1.807, 2.05) is 11.3 Å².